The van der Waals surface area contributed by atoms with Crippen LogP contribution in [0.15, 0.2) is 89.4 Å². The summed E-state index contributed by atoms with van der Waals surface area (Å²) < 4.78 is 0.826. The molecule has 1 N–H and O–H groups in total. The fourth-order valence-corrected chi connectivity index (χ4v) is 2.93. The lowest BCUT2D eigenvalue weighted by atomic mass is 10.2. The molecule has 3 aromatic carbocycles. The lowest BCUT2D eigenvalue weighted by Gasteiger charge is -2.22. The van der Waals surface area contributed by atoms with Crippen LogP contribution in [-0.4, -0.2) is 11.8 Å². The predicted octanol–water partition coefficient (Wildman–Crippen LogP) is 4.62. The second-order valence-corrected chi connectivity index (χ2v) is 6.59. The highest BCUT2D eigenvalue weighted by Gasteiger charge is 2.23. The normalized spacial score (nSPS) is 10.2. The van der Waals surface area contributed by atoms with E-state index in [-0.39, 0.29) is 0 Å². The first-order valence-electron chi connectivity index (χ1n) is 8.11. The fourth-order valence-electron chi connectivity index (χ4n) is 2.53. The first-order chi connectivity index (χ1) is 12.6. The number of hydrogen-bond acceptors (Lipinski definition) is 2. The van der Waals surface area contributed by atoms with E-state index in [4.69, 9.17) is 0 Å². The maximum Gasteiger partial charge on any atom is 0.316 e. The summed E-state index contributed by atoms with van der Waals surface area (Å²) in [4.78, 5) is 26.8. The lowest BCUT2D eigenvalue weighted by Crippen LogP contribution is -2.39. The molecule has 0 saturated carbocycles. The van der Waals surface area contributed by atoms with Crippen molar-refractivity contribution < 1.29 is 9.59 Å². The van der Waals surface area contributed by atoms with Gasteiger partial charge in [-0.05, 0) is 35.9 Å². The molecular weight excluding hydrogens is 392 g/mol. The summed E-state index contributed by atoms with van der Waals surface area (Å²) in [5.41, 5.74) is 2.18. The molecule has 0 bridgehead atoms. The van der Waals surface area contributed by atoms with Gasteiger partial charge in [0.05, 0.1) is 6.54 Å². The van der Waals surface area contributed by atoms with E-state index in [1.807, 2.05) is 66.7 Å². The van der Waals surface area contributed by atoms with Crippen molar-refractivity contribution in [3.8, 4) is 0 Å². The van der Waals surface area contributed by atoms with Gasteiger partial charge in [0.2, 0.25) is 0 Å². The van der Waals surface area contributed by atoms with Crippen molar-refractivity contribution in [1.82, 2.24) is 0 Å². The van der Waals surface area contributed by atoms with Gasteiger partial charge < -0.3 is 5.32 Å². The van der Waals surface area contributed by atoms with Crippen molar-refractivity contribution in [2.24, 2.45) is 0 Å². The molecule has 0 aliphatic heterocycles. The van der Waals surface area contributed by atoms with Gasteiger partial charge in [-0.3, -0.25) is 14.5 Å². The SMILES string of the molecule is O=C(Nc1cccc(Br)c1)C(=O)N(Cc1ccccc1)c1ccccc1. The van der Waals surface area contributed by atoms with Crippen molar-refractivity contribution in [3.63, 3.8) is 0 Å². The van der Waals surface area contributed by atoms with Crippen molar-refractivity contribution in [3.05, 3.63) is 95.0 Å². The molecule has 5 heteroatoms. The number of carbonyl (C=O) groups excluding carboxylic acids is 2. The Morgan fingerprint density at radius 3 is 2.15 bits per heavy atom. The van der Waals surface area contributed by atoms with Crippen LogP contribution >= 0.6 is 15.9 Å². The Morgan fingerprint density at radius 1 is 0.846 bits per heavy atom. The predicted molar refractivity (Wildman–Crippen MR) is 107 cm³/mol. The van der Waals surface area contributed by atoms with Crippen molar-refractivity contribution in [2.75, 3.05) is 10.2 Å². The van der Waals surface area contributed by atoms with E-state index >= 15 is 0 Å². The maximum atomic E-state index is 12.8. The van der Waals surface area contributed by atoms with Gasteiger partial charge in [-0.25, -0.2) is 0 Å². The van der Waals surface area contributed by atoms with Crippen LogP contribution in [0.5, 0.6) is 0 Å². The molecule has 0 aliphatic carbocycles. The molecule has 0 spiro atoms. The van der Waals surface area contributed by atoms with E-state index in [1.165, 1.54) is 4.90 Å². The zero-order chi connectivity index (χ0) is 18.4. The minimum Gasteiger partial charge on any atom is -0.318 e. The van der Waals surface area contributed by atoms with E-state index in [1.54, 1.807) is 18.2 Å². The van der Waals surface area contributed by atoms with Crippen LogP contribution < -0.4 is 10.2 Å². The molecule has 3 aromatic rings. The van der Waals surface area contributed by atoms with Crippen LogP contribution in [0, 0.1) is 0 Å². The zero-order valence-electron chi connectivity index (χ0n) is 13.9. The number of rotatable bonds is 4. The summed E-state index contributed by atoms with van der Waals surface area (Å²) >= 11 is 3.35. The smallest absolute Gasteiger partial charge is 0.316 e. The third-order valence-electron chi connectivity index (χ3n) is 3.77. The quantitative estimate of drug-likeness (QED) is 0.640. The van der Waals surface area contributed by atoms with Crippen molar-refractivity contribution >= 4 is 39.1 Å². The van der Waals surface area contributed by atoms with Crippen LogP contribution in [0.3, 0.4) is 0 Å². The molecule has 0 saturated heterocycles. The largest absolute Gasteiger partial charge is 0.318 e. The first kappa shape index (κ1) is 17.9. The molecular formula is C21H17BrN2O2. The highest BCUT2D eigenvalue weighted by Crippen LogP contribution is 2.19. The van der Waals surface area contributed by atoms with Gasteiger partial charge in [-0.1, -0.05) is 70.5 Å². The minimum absolute atomic E-state index is 0.315. The standard InChI is InChI=1S/C21H17BrN2O2/c22-17-10-7-11-18(14-17)23-20(25)21(26)24(19-12-5-2-6-13-19)15-16-8-3-1-4-9-16/h1-14H,15H2,(H,23,25). The Hall–Kier alpha value is -2.92. The number of para-hydroxylation sites is 1. The number of nitrogens with one attached hydrogen (secondary N) is 1. The molecule has 2 amide bonds. The highest BCUT2D eigenvalue weighted by molar-refractivity contribution is 9.10. The molecule has 0 heterocycles. The third kappa shape index (κ3) is 4.58. The lowest BCUT2D eigenvalue weighted by molar-refractivity contribution is -0.134. The Labute approximate surface area is 160 Å². The van der Waals surface area contributed by atoms with Crippen LogP contribution in [0.1, 0.15) is 5.56 Å². The van der Waals surface area contributed by atoms with Gasteiger partial charge in [0, 0.05) is 15.8 Å². The minimum atomic E-state index is -0.678. The number of carbonyl (C=O) groups is 2. The Balaban J connectivity index is 1.83. The van der Waals surface area contributed by atoms with E-state index in [2.05, 4.69) is 21.2 Å². The summed E-state index contributed by atoms with van der Waals surface area (Å²) in [6, 6.07) is 25.9. The summed E-state index contributed by atoms with van der Waals surface area (Å²) in [6.07, 6.45) is 0. The van der Waals surface area contributed by atoms with E-state index in [0.717, 1.165) is 10.0 Å². The number of halogens is 1. The summed E-state index contributed by atoms with van der Waals surface area (Å²) in [5.74, 6) is -1.29. The van der Waals surface area contributed by atoms with Crippen molar-refractivity contribution in [1.29, 1.82) is 0 Å². The summed E-state index contributed by atoms with van der Waals surface area (Å²) in [7, 11) is 0. The average molecular weight is 409 g/mol. The summed E-state index contributed by atoms with van der Waals surface area (Å²) in [6.45, 7) is 0.315. The van der Waals surface area contributed by atoms with Gasteiger partial charge in [0.15, 0.2) is 0 Å². The second-order valence-electron chi connectivity index (χ2n) is 5.68. The van der Waals surface area contributed by atoms with Gasteiger partial charge in [0.25, 0.3) is 0 Å². The first-order valence-corrected chi connectivity index (χ1v) is 8.90. The monoisotopic (exact) mass is 408 g/mol. The molecule has 3 rings (SSSR count). The Kier molecular flexibility index (Phi) is 5.81. The number of anilines is 2. The zero-order valence-corrected chi connectivity index (χ0v) is 15.5. The van der Waals surface area contributed by atoms with Gasteiger partial charge in [-0.2, -0.15) is 0 Å². The number of nitrogens with zero attached hydrogens (tertiary/aromatic N) is 1. The highest BCUT2D eigenvalue weighted by atomic mass is 79.9. The molecule has 0 radical (unpaired) electrons. The average Bonchev–Trinajstić information content (AvgIpc) is 2.67. The molecule has 0 atom stereocenters. The maximum absolute atomic E-state index is 12.8. The molecule has 0 aromatic heterocycles. The molecule has 130 valence electrons. The topological polar surface area (TPSA) is 49.4 Å². The molecule has 0 unspecified atom stereocenters. The second kappa shape index (κ2) is 8.45. The molecule has 0 aliphatic rings. The number of benzene rings is 3. The molecule has 4 nitrogen and oxygen atoms in total. The van der Waals surface area contributed by atoms with Crippen LogP contribution in [0.25, 0.3) is 0 Å². The Morgan fingerprint density at radius 2 is 1.50 bits per heavy atom. The van der Waals surface area contributed by atoms with E-state index in [9.17, 15) is 9.59 Å². The summed E-state index contributed by atoms with van der Waals surface area (Å²) in [5, 5.41) is 2.66. The number of amides is 2. The molecule has 26 heavy (non-hydrogen) atoms. The molecule has 0 fully saturated rings. The van der Waals surface area contributed by atoms with Gasteiger partial charge in [-0.15, -0.1) is 0 Å². The number of hydrogen-bond donors (Lipinski definition) is 1. The van der Waals surface area contributed by atoms with Gasteiger partial charge in [0.1, 0.15) is 0 Å². The van der Waals surface area contributed by atoms with Gasteiger partial charge >= 0.3 is 11.8 Å². The van der Waals surface area contributed by atoms with Crippen LogP contribution in [0.2, 0.25) is 0 Å². The van der Waals surface area contributed by atoms with Crippen LogP contribution in [0.4, 0.5) is 11.4 Å². The van der Waals surface area contributed by atoms with Crippen molar-refractivity contribution in [2.45, 2.75) is 6.54 Å². The van der Waals surface area contributed by atoms with E-state index < -0.39 is 11.8 Å². The van der Waals surface area contributed by atoms with Crippen LogP contribution in [-0.2, 0) is 16.1 Å². The fraction of sp³-hybridized carbons (Fsp3) is 0.0476. The van der Waals surface area contributed by atoms with E-state index in [0.29, 0.717) is 17.9 Å². The Bertz CT molecular complexity index is 898. The third-order valence-corrected chi connectivity index (χ3v) is 4.27.